The van der Waals surface area contributed by atoms with Gasteiger partial charge in [0.25, 0.3) is 11.8 Å². The minimum Gasteiger partial charge on any atom is -0.484 e. The van der Waals surface area contributed by atoms with Gasteiger partial charge in [-0.25, -0.2) is 4.79 Å². The van der Waals surface area contributed by atoms with Gasteiger partial charge in [-0.15, -0.1) is 0 Å². The summed E-state index contributed by atoms with van der Waals surface area (Å²) in [5.41, 5.74) is 1.59. The Labute approximate surface area is 256 Å². The zero-order valence-electron chi connectivity index (χ0n) is 26.6. The van der Waals surface area contributed by atoms with Crippen LogP contribution in [0, 0.1) is 0 Å². The second-order valence-corrected chi connectivity index (χ2v) is 18.4. The summed E-state index contributed by atoms with van der Waals surface area (Å²) in [5.74, 6) is 0.0716. The van der Waals surface area contributed by atoms with Gasteiger partial charge in [0, 0.05) is 37.3 Å². The third kappa shape index (κ3) is 9.28. The number of amides is 3. The van der Waals surface area contributed by atoms with Gasteiger partial charge in [-0.05, 0) is 74.3 Å². The summed E-state index contributed by atoms with van der Waals surface area (Å²) in [4.78, 5) is 40.0. The molecule has 236 valence electrons. The number of carboxylic acid groups (broad SMARTS) is 1. The fourth-order valence-corrected chi connectivity index (χ4v) is 5.73. The molecule has 0 bridgehead atoms. The van der Waals surface area contributed by atoms with Crippen LogP contribution in [0.3, 0.4) is 0 Å². The Kier molecular flexibility index (Phi) is 10.7. The highest BCUT2D eigenvalue weighted by molar-refractivity contribution is 6.74. The van der Waals surface area contributed by atoms with Crippen molar-refractivity contribution in [2.45, 2.75) is 90.5 Å². The number of ether oxygens (including phenoxy) is 1. The van der Waals surface area contributed by atoms with Crippen molar-refractivity contribution in [3.63, 3.8) is 0 Å². The van der Waals surface area contributed by atoms with E-state index in [1.807, 2.05) is 32.9 Å². The van der Waals surface area contributed by atoms with Crippen LogP contribution >= 0.6 is 0 Å². The Morgan fingerprint density at radius 2 is 1.53 bits per heavy atom. The summed E-state index contributed by atoms with van der Waals surface area (Å²) in [6.07, 6.45) is -2.11. The predicted octanol–water partition coefficient (Wildman–Crippen LogP) is 4.87. The number of nitrogens with one attached hydrogen (secondary N) is 1. The lowest BCUT2D eigenvalue weighted by atomic mass is 10.0. The van der Waals surface area contributed by atoms with Crippen molar-refractivity contribution in [1.82, 2.24) is 15.1 Å². The Morgan fingerprint density at radius 1 is 0.953 bits per heavy atom. The molecule has 0 radical (unpaired) electrons. The van der Waals surface area contributed by atoms with Crippen molar-refractivity contribution >= 4 is 26.2 Å². The van der Waals surface area contributed by atoms with E-state index in [1.165, 1.54) is 4.90 Å². The summed E-state index contributed by atoms with van der Waals surface area (Å²) in [7, 11) is -2.08. The van der Waals surface area contributed by atoms with Gasteiger partial charge < -0.3 is 29.6 Å². The largest absolute Gasteiger partial charge is 0.484 e. The van der Waals surface area contributed by atoms with E-state index < -0.39 is 32.2 Å². The van der Waals surface area contributed by atoms with Crippen molar-refractivity contribution in [2.24, 2.45) is 0 Å². The molecular formula is C32H47N3O7Si. The van der Waals surface area contributed by atoms with Crippen molar-refractivity contribution < 1.29 is 33.8 Å². The molecule has 0 unspecified atom stereocenters. The molecule has 1 fully saturated rings. The molecule has 1 aliphatic rings. The van der Waals surface area contributed by atoms with Gasteiger partial charge in [-0.3, -0.25) is 14.5 Å². The van der Waals surface area contributed by atoms with E-state index in [0.717, 1.165) is 11.1 Å². The molecule has 1 aliphatic heterocycles. The summed E-state index contributed by atoms with van der Waals surface area (Å²) in [5, 5.41) is 22.9. The third-order valence-electron chi connectivity index (χ3n) is 8.18. The number of β-amino-alcohol motifs (C(OH)–C–C–N with tert-alkyl or cyclic N) is 1. The first-order chi connectivity index (χ1) is 19.9. The molecule has 1 heterocycles. The van der Waals surface area contributed by atoms with Gasteiger partial charge in [0.15, 0.2) is 14.9 Å². The number of benzene rings is 2. The molecule has 0 spiro atoms. The standard InChI is InChI=1S/C32H47N3O7Si/c1-31(2,3)35(30(39)40)18-23-9-13-24(14-10-23)29(38)33-17-22-11-15-25(16-12-22)41-21-28(37)34-19-26(36)27(20-34)42-43(7,8)32(4,5)6/h9-16,26-27,36H,17-21H2,1-8H3,(H,33,38)(H,39,40)/t26-,27-/m1/s1. The van der Waals surface area contributed by atoms with Crippen LogP contribution in [0.15, 0.2) is 48.5 Å². The quantitative estimate of drug-likeness (QED) is 0.326. The summed E-state index contributed by atoms with van der Waals surface area (Å²) in [6.45, 7) is 17.1. The fourth-order valence-electron chi connectivity index (χ4n) is 4.39. The SMILES string of the molecule is CC(C)(C)N(Cc1ccc(C(=O)NCc2ccc(OCC(=O)N3C[C@@H](O)[C@H](O[Si](C)(C)C(C)(C)C)C3)cc2)cc1)C(=O)O. The van der Waals surface area contributed by atoms with Crippen LogP contribution in [0.4, 0.5) is 4.79 Å². The van der Waals surface area contributed by atoms with Gasteiger partial charge in [0.05, 0.1) is 12.2 Å². The molecule has 0 aliphatic carbocycles. The molecule has 1 saturated heterocycles. The summed E-state index contributed by atoms with van der Waals surface area (Å²) >= 11 is 0. The van der Waals surface area contributed by atoms with Crippen LogP contribution in [0.5, 0.6) is 5.75 Å². The zero-order chi connectivity index (χ0) is 32.2. The van der Waals surface area contributed by atoms with Gasteiger partial charge in [0.1, 0.15) is 5.75 Å². The van der Waals surface area contributed by atoms with Crippen LogP contribution in [0.2, 0.25) is 18.1 Å². The second-order valence-electron chi connectivity index (χ2n) is 13.6. The van der Waals surface area contributed by atoms with E-state index in [-0.39, 0.29) is 36.5 Å². The van der Waals surface area contributed by atoms with Gasteiger partial charge in [-0.2, -0.15) is 0 Å². The van der Waals surface area contributed by atoms with Gasteiger partial charge in [0.2, 0.25) is 0 Å². The predicted molar refractivity (Wildman–Crippen MR) is 168 cm³/mol. The maximum atomic E-state index is 12.8. The number of rotatable bonds is 10. The van der Waals surface area contributed by atoms with E-state index in [4.69, 9.17) is 9.16 Å². The minimum atomic E-state index is -2.08. The molecule has 2 aromatic carbocycles. The highest BCUT2D eigenvalue weighted by Crippen LogP contribution is 2.38. The molecule has 0 aromatic heterocycles. The number of nitrogens with zero attached hydrogens (tertiary/aromatic N) is 2. The van der Waals surface area contributed by atoms with Gasteiger partial charge >= 0.3 is 6.09 Å². The topological polar surface area (TPSA) is 129 Å². The molecule has 2 atom stereocenters. The molecule has 11 heteroatoms. The third-order valence-corrected chi connectivity index (χ3v) is 12.7. The lowest BCUT2D eigenvalue weighted by molar-refractivity contribution is -0.132. The van der Waals surface area contributed by atoms with Crippen LogP contribution in [-0.4, -0.2) is 83.7 Å². The van der Waals surface area contributed by atoms with Crippen molar-refractivity contribution in [3.05, 3.63) is 65.2 Å². The number of aliphatic hydroxyl groups is 1. The van der Waals surface area contributed by atoms with Crippen LogP contribution < -0.4 is 10.1 Å². The summed E-state index contributed by atoms with van der Waals surface area (Å²) < 4.78 is 12.0. The minimum absolute atomic E-state index is 0.00732. The smallest absolute Gasteiger partial charge is 0.408 e. The highest BCUT2D eigenvalue weighted by atomic mass is 28.4. The highest BCUT2D eigenvalue weighted by Gasteiger charge is 2.44. The van der Waals surface area contributed by atoms with Gasteiger partial charge in [-0.1, -0.05) is 45.0 Å². The first kappa shape index (κ1) is 34.1. The van der Waals surface area contributed by atoms with Crippen molar-refractivity contribution in [2.75, 3.05) is 19.7 Å². The number of carbonyl (C=O) groups is 3. The van der Waals surface area contributed by atoms with E-state index >= 15 is 0 Å². The molecule has 10 nitrogen and oxygen atoms in total. The average Bonchev–Trinajstić information content (AvgIpc) is 3.27. The lowest BCUT2D eigenvalue weighted by Crippen LogP contribution is -2.47. The summed E-state index contributed by atoms with van der Waals surface area (Å²) in [6, 6.07) is 14.0. The number of carbonyl (C=O) groups excluding carboxylic acids is 2. The molecule has 3 N–H and O–H groups in total. The van der Waals surface area contributed by atoms with E-state index in [2.05, 4.69) is 39.2 Å². The number of hydrogen-bond donors (Lipinski definition) is 3. The fraction of sp³-hybridized carbons (Fsp3) is 0.531. The normalized spacial score (nSPS) is 17.5. The lowest BCUT2D eigenvalue weighted by Gasteiger charge is -2.38. The van der Waals surface area contributed by atoms with Crippen molar-refractivity contribution in [1.29, 1.82) is 0 Å². The van der Waals surface area contributed by atoms with Crippen LogP contribution in [0.1, 0.15) is 63.0 Å². The van der Waals surface area contributed by atoms with Crippen LogP contribution in [0.25, 0.3) is 0 Å². The molecule has 0 saturated carbocycles. The molecule has 3 rings (SSSR count). The number of likely N-dealkylation sites (tertiary alicyclic amines) is 1. The molecule has 43 heavy (non-hydrogen) atoms. The second kappa shape index (κ2) is 13.5. The Balaban J connectivity index is 1.45. The maximum absolute atomic E-state index is 12.8. The van der Waals surface area contributed by atoms with Crippen molar-refractivity contribution in [3.8, 4) is 5.75 Å². The van der Waals surface area contributed by atoms with E-state index in [1.54, 1.807) is 41.3 Å². The number of hydrogen-bond acceptors (Lipinski definition) is 6. The first-order valence-corrected chi connectivity index (χ1v) is 17.5. The average molecular weight is 614 g/mol. The molecular weight excluding hydrogens is 566 g/mol. The molecule has 3 amide bonds. The molecule has 2 aromatic rings. The monoisotopic (exact) mass is 613 g/mol. The number of aliphatic hydroxyl groups excluding tert-OH is 1. The van der Waals surface area contributed by atoms with E-state index in [0.29, 0.717) is 24.4 Å². The van der Waals surface area contributed by atoms with Crippen LogP contribution in [-0.2, 0) is 22.3 Å². The first-order valence-electron chi connectivity index (χ1n) is 14.6. The maximum Gasteiger partial charge on any atom is 0.408 e. The Morgan fingerprint density at radius 3 is 2.07 bits per heavy atom. The Hall–Kier alpha value is -3.41. The van der Waals surface area contributed by atoms with E-state index in [9.17, 15) is 24.6 Å². The Bertz CT molecular complexity index is 1270. The zero-order valence-corrected chi connectivity index (χ0v) is 27.6.